The third kappa shape index (κ3) is 1.83. The zero-order valence-electron chi connectivity index (χ0n) is 7.95. The van der Waals surface area contributed by atoms with Crippen LogP contribution in [0.25, 0.3) is 5.82 Å². The number of aromatic nitrogens is 4. The van der Waals surface area contributed by atoms with Crippen LogP contribution >= 0.6 is 0 Å². The summed E-state index contributed by atoms with van der Waals surface area (Å²) in [6.07, 6.45) is 4.83. The fraction of sp³-hybridized carbons (Fsp3) is 0.111. The number of nitrogens with zero attached hydrogens (tertiary/aromatic N) is 4. The van der Waals surface area contributed by atoms with Crippen LogP contribution in [0.15, 0.2) is 24.8 Å². The maximum atomic E-state index is 10.7. The topological polar surface area (TPSA) is 80.9 Å². The molecule has 0 radical (unpaired) electrons. The average Bonchev–Trinajstić information content (AvgIpc) is 2.69. The predicted octanol–water partition coefficient (Wildman–Crippen LogP) is 0.669. The molecule has 0 saturated carbocycles. The first-order chi connectivity index (χ1) is 7.16. The molecule has 6 nitrogen and oxygen atoms in total. The first kappa shape index (κ1) is 9.32. The van der Waals surface area contributed by atoms with Gasteiger partial charge in [0.15, 0.2) is 0 Å². The zero-order valence-corrected chi connectivity index (χ0v) is 7.95. The van der Waals surface area contributed by atoms with Gasteiger partial charge < -0.3 is 5.11 Å². The van der Waals surface area contributed by atoms with E-state index in [2.05, 4.69) is 15.0 Å². The predicted molar refractivity (Wildman–Crippen MR) is 50.9 cm³/mol. The largest absolute Gasteiger partial charge is 0.475 e. The van der Waals surface area contributed by atoms with Gasteiger partial charge in [-0.1, -0.05) is 0 Å². The second-order valence-electron chi connectivity index (χ2n) is 2.97. The van der Waals surface area contributed by atoms with Crippen molar-refractivity contribution in [2.75, 3.05) is 0 Å². The summed E-state index contributed by atoms with van der Waals surface area (Å²) in [5.41, 5.74) is 0.603. The second kappa shape index (κ2) is 3.49. The molecular weight excluding hydrogens is 196 g/mol. The molecule has 1 N–H and O–H groups in total. The molecule has 0 aromatic carbocycles. The quantitative estimate of drug-likeness (QED) is 0.777. The van der Waals surface area contributed by atoms with Crippen molar-refractivity contribution in [3.8, 4) is 5.82 Å². The molecule has 0 saturated heterocycles. The Morgan fingerprint density at radius 1 is 1.47 bits per heavy atom. The van der Waals surface area contributed by atoms with E-state index in [4.69, 9.17) is 5.11 Å². The van der Waals surface area contributed by atoms with Gasteiger partial charge in [-0.25, -0.2) is 19.7 Å². The number of carboxylic acids is 1. The highest BCUT2D eigenvalue weighted by Crippen LogP contribution is 2.06. The molecule has 2 rings (SSSR count). The summed E-state index contributed by atoms with van der Waals surface area (Å²) in [4.78, 5) is 22.3. The van der Waals surface area contributed by atoms with Gasteiger partial charge in [0.1, 0.15) is 12.1 Å². The average molecular weight is 204 g/mol. The number of imidazole rings is 1. The Labute approximate surface area is 85.3 Å². The SMILES string of the molecule is Cc1cc(-n2ccnc2)nc(C(=O)O)n1. The van der Waals surface area contributed by atoms with Crippen molar-refractivity contribution in [3.05, 3.63) is 36.3 Å². The Hall–Kier alpha value is -2.24. The zero-order chi connectivity index (χ0) is 10.8. The molecule has 76 valence electrons. The summed E-state index contributed by atoms with van der Waals surface area (Å²) in [7, 11) is 0. The molecule has 0 unspecified atom stereocenters. The van der Waals surface area contributed by atoms with Crippen molar-refractivity contribution in [2.45, 2.75) is 6.92 Å². The minimum atomic E-state index is -1.14. The molecule has 2 heterocycles. The van der Waals surface area contributed by atoms with Gasteiger partial charge >= 0.3 is 5.97 Å². The van der Waals surface area contributed by atoms with Crippen LogP contribution in [0.4, 0.5) is 0 Å². The van der Waals surface area contributed by atoms with Gasteiger partial charge in [-0.3, -0.25) is 4.57 Å². The monoisotopic (exact) mass is 204 g/mol. The third-order valence-corrected chi connectivity index (χ3v) is 1.80. The number of hydrogen-bond acceptors (Lipinski definition) is 4. The lowest BCUT2D eigenvalue weighted by atomic mass is 10.4. The van der Waals surface area contributed by atoms with Gasteiger partial charge in [0, 0.05) is 24.2 Å². The summed E-state index contributed by atoms with van der Waals surface area (Å²) in [6, 6.07) is 1.69. The molecule has 15 heavy (non-hydrogen) atoms. The smallest absolute Gasteiger partial charge is 0.374 e. The van der Waals surface area contributed by atoms with E-state index in [1.807, 2.05) is 0 Å². The summed E-state index contributed by atoms with van der Waals surface area (Å²) in [5, 5.41) is 8.78. The Balaban J connectivity index is 2.54. The summed E-state index contributed by atoms with van der Waals surface area (Å²) in [6.45, 7) is 1.72. The minimum Gasteiger partial charge on any atom is -0.475 e. The van der Waals surface area contributed by atoms with Gasteiger partial charge in [-0.05, 0) is 6.92 Å². The number of carboxylic acid groups (broad SMARTS) is 1. The molecule has 0 atom stereocenters. The number of carbonyl (C=O) groups is 1. The van der Waals surface area contributed by atoms with Crippen LogP contribution in [0.2, 0.25) is 0 Å². The lowest BCUT2D eigenvalue weighted by molar-refractivity contribution is 0.0683. The van der Waals surface area contributed by atoms with Crippen molar-refractivity contribution >= 4 is 5.97 Å². The fourth-order valence-electron chi connectivity index (χ4n) is 1.17. The van der Waals surface area contributed by atoms with Gasteiger partial charge in [-0.2, -0.15) is 0 Å². The summed E-state index contributed by atoms with van der Waals surface area (Å²) < 4.78 is 1.63. The summed E-state index contributed by atoms with van der Waals surface area (Å²) in [5.74, 6) is -0.851. The first-order valence-electron chi connectivity index (χ1n) is 4.24. The normalized spacial score (nSPS) is 10.2. The van der Waals surface area contributed by atoms with Crippen molar-refractivity contribution in [1.29, 1.82) is 0 Å². The number of aryl methyl sites for hydroxylation is 1. The standard InChI is InChI=1S/C9H8N4O2/c1-6-4-7(13-3-2-10-5-13)12-8(11-6)9(14)15/h2-5H,1H3,(H,14,15). The van der Waals surface area contributed by atoms with Gasteiger partial charge in [0.2, 0.25) is 5.82 Å². The van der Waals surface area contributed by atoms with Crippen molar-refractivity contribution < 1.29 is 9.90 Å². The summed E-state index contributed by atoms with van der Waals surface area (Å²) >= 11 is 0. The molecule has 0 spiro atoms. The van der Waals surface area contributed by atoms with Gasteiger partial charge in [0.05, 0.1) is 0 Å². The van der Waals surface area contributed by atoms with E-state index < -0.39 is 5.97 Å². The van der Waals surface area contributed by atoms with E-state index in [0.717, 1.165) is 0 Å². The minimum absolute atomic E-state index is 0.210. The number of rotatable bonds is 2. The molecular formula is C9H8N4O2. The van der Waals surface area contributed by atoms with Crippen LogP contribution in [-0.4, -0.2) is 30.6 Å². The van der Waals surface area contributed by atoms with Crippen molar-refractivity contribution in [3.63, 3.8) is 0 Å². The third-order valence-electron chi connectivity index (χ3n) is 1.80. The first-order valence-corrected chi connectivity index (χ1v) is 4.24. The Morgan fingerprint density at radius 3 is 2.87 bits per heavy atom. The van der Waals surface area contributed by atoms with Crippen molar-refractivity contribution in [1.82, 2.24) is 19.5 Å². The van der Waals surface area contributed by atoms with E-state index >= 15 is 0 Å². The van der Waals surface area contributed by atoms with Gasteiger partial charge in [-0.15, -0.1) is 0 Å². The van der Waals surface area contributed by atoms with E-state index in [9.17, 15) is 4.79 Å². The van der Waals surface area contributed by atoms with E-state index in [1.165, 1.54) is 0 Å². The highest BCUT2D eigenvalue weighted by atomic mass is 16.4. The Kier molecular flexibility index (Phi) is 2.17. The Morgan fingerprint density at radius 2 is 2.27 bits per heavy atom. The molecule has 2 aromatic rings. The molecule has 0 aliphatic heterocycles. The second-order valence-corrected chi connectivity index (χ2v) is 2.97. The molecule has 6 heteroatoms. The molecule has 0 aliphatic carbocycles. The van der Waals surface area contributed by atoms with Crippen LogP contribution in [0.1, 0.15) is 16.3 Å². The van der Waals surface area contributed by atoms with E-state index in [-0.39, 0.29) is 5.82 Å². The fourth-order valence-corrected chi connectivity index (χ4v) is 1.17. The number of hydrogen-bond donors (Lipinski definition) is 1. The van der Waals surface area contributed by atoms with Crippen LogP contribution in [0.5, 0.6) is 0 Å². The van der Waals surface area contributed by atoms with Crippen molar-refractivity contribution in [2.24, 2.45) is 0 Å². The molecule has 0 fully saturated rings. The number of aromatic carboxylic acids is 1. The molecule has 0 aliphatic rings. The maximum absolute atomic E-state index is 10.7. The van der Waals surface area contributed by atoms with Crippen LogP contribution in [0.3, 0.4) is 0 Å². The van der Waals surface area contributed by atoms with Gasteiger partial charge in [0.25, 0.3) is 0 Å². The lowest BCUT2D eigenvalue weighted by Crippen LogP contribution is -2.08. The molecule has 0 amide bonds. The molecule has 0 bridgehead atoms. The highest BCUT2D eigenvalue weighted by Gasteiger charge is 2.09. The van der Waals surface area contributed by atoms with Crippen LogP contribution in [0, 0.1) is 6.92 Å². The highest BCUT2D eigenvalue weighted by molar-refractivity contribution is 5.83. The van der Waals surface area contributed by atoms with Crippen LogP contribution in [-0.2, 0) is 0 Å². The van der Waals surface area contributed by atoms with E-state index in [0.29, 0.717) is 11.5 Å². The Bertz CT molecular complexity index is 493. The van der Waals surface area contributed by atoms with E-state index in [1.54, 1.807) is 36.3 Å². The van der Waals surface area contributed by atoms with Crippen LogP contribution < -0.4 is 0 Å². The maximum Gasteiger partial charge on any atom is 0.374 e. The lowest BCUT2D eigenvalue weighted by Gasteiger charge is -2.03. The molecule has 2 aromatic heterocycles.